The van der Waals surface area contributed by atoms with E-state index in [9.17, 15) is 9.59 Å². The number of nitrogens with one attached hydrogen (secondary N) is 2. The number of ether oxygens (including phenoxy) is 1. The Balaban J connectivity index is 1.69. The summed E-state index contributed by atoms with van der Waals surface area (Å²) in [5.74, 6) is 0.436. The minimum atomic E-state index is -0.336. The molecule has 4 aromatic rings. The van der Waals surface area contributed by atoms with Crippen molar-refractivity contribution in [2.75, 3.05) is 13.7 Å². The number of aryl methyl sites for hydroxylation is 3. The summed E-state index contributed by atoms with van der Waals surface area (Å²) in [5.41, 5.74) is 2.86. The molecular weight excluding hydrogens is 478 g/mol. The van der Waals surface area contributed by atoms with Gasteiger partial charge in [0, 0.05) is 19.3 Å². The highest BCUT2D eigenvalue weighted by molar-refractivity contribution is 5.96. The highest BCUT2D eigenvalue weighted by Crippen LogP contribution is 2.15. The molecular formula is C30H37N5O3. The van der Waals surface area contributed by atoms with Crippen LogP contribution in [0.4, 0.5) is 0 Å². The van der Waals surface area contributed by atoms with E-state index in [2.05, 4.69) is 12.2 Å². The second-order valence-corrected chi connectivity index (χ2v) is 9.72. The average molecular weight is 516 g/mol. The van der Waals surface area contributed by atoms with Gasteiger partial charge in [-0.05, 0) is 55.2 Å². The van der Waals surface area contributed by atoms with E-state index in [1.54, 1.807) is 17.9 Å². The zero-order valence-electron chi connectivity index (χ0n) is 22.5. The number of hydrogen-bond acceptors (Lipinski definition) is 5. The summed E-state index contributed by atoms with van der Waals surface area (Å²) in [6.07, 6.45) is 9.05. The molecule has 0 unspecified atom stereocenters. The molecule has 0 atom stereocenters. The molecule has 38 heavy (non-hydrogen) atoms. The summed E-state index contributed by atoms with van der Waals surface area (Å²) in [4.78, 5) is 31.5. The van der Waals surface area contributed by atoms with Crippen LogP contribution < -0.4 is 21.1 Å². The Morgan fingerprint density at radius 2 is 1.79 bits per heavy atom. The Kier molecular flexibility index (Phi) is 8.94. The maximum atomic E-state index is 13.5. The number of unbranched alkanes of at least 4 members (excludes halogenated alkanes) is 5. The van der Waals surface area contributed by atoms with E-state index < -0.39 is 0 Å². The van der Waals surface area contributed by atoms with Crippen molar-refractivity contribution in [3.05, 3.63) is 81.2 Å². The molecule has 0 aliphatic heterocycles. The van der Waals surface area contributed by atoms with E-state index in [0.29, 0.717) is 36.2 Å². The number of amides is 1. The molecule has 4 rings (SSSR count). The lowest BCUT2D eigenvalue weighted by Crippen LogP contribution is -2.35. The first kappa shape index (κ1) is 27.1. The first-order valence-corrected chi connectivity index (χ1v) is 13.5. The second kappa shape index (κ2) is 12.5. The molecule has 200 valence electrons. The summed E-state index contributed by atoms with van der Waals surface area (Å²) in [6.45, 7) is 5.04. The van der Waals surface area contributed by atoms with Crippen molar-refractivity contribution in [2.45, 2.75) is 65.3 Å². The van der Waals surface area contributed by atoms with E-state index in [1.165, 1.54) is 29.7 Å². The number of nitrogens with zero attached hydrogens (tertiary/aromatic N) is 3. The van der Waals surface area contributed by atoms with Crippen molar-refractivity contribution < 1.29 is 9.53 Å². The standard InChI is InChI=1S/C30H37N5O3/c1-4-5-6-7-8-9-17-32-29(36)24-20-25-28(33-27-21(2)11-10-18-35(27)30(25)37)34(26(24)31)19-16-22-12-14-23(38-3)15-13-22/h10-15,18,20,31H,4-9,16-17,19H2,1-3H3,(H,32,36). The van der Waals surface area contributed by atoms with Gasteiger partial charge in [0.05, 0.1) is 18.1 Å². The predicted octanol–water partition coefficient (Wildman–Crippen LogP) is 4.78. The van der Waals surface area contributed by atoms with E-state index in [0.717, 1.165) is 36.1 Å². The number of hydrogen-bond donors (Lipinski definition) is 2. The molecule has 0 fully saturated rings. The SMILES string of the molecule is CCCCCCCCNC(=O)c1cc2c(=O)n3cccc(C)c3nc2n(CCc2ccc(OC)cc2)c1=N. The Hall–Kier alpha value is -3.94. The fraction of sp³-hybridized carbons (Fsp3) is 0.400. The molecule has 0 bridgehead atoms. The minimum Gasteiger partial charge on any atom is -0.497 e. The zero-order chi connectivity index (χ0) is 27.1. The Bertz CT molecular complexity index is 1540. The number of pyridine rings is 2. The lowest BCUT2D eigenvalue weighted by atomic mass is 10.1. The number of rotatable bonds is 12. The van der Waals surface area contributed by atoms with Crippen LogP contribution in [0.15, 0.2) is 53.5 Å². The summed E-state index contributed by atoms with van der Waals surface area (Å²) in [5, 5.41) is 12.2. The third-order valence-electron chi connectivity index (χ3n) is 6.98. The number of aromatic nitrogens is 3. The van der Waals surface area contributed by atoms with E-state index >= 15 is 0 Å². The van der Waals surface area contributed by atoms with E-state index in [1.807, 2.05) is 43.3 Å². The number of benzene rings is 1. The van der Waals surface area contributed by atoms with Crippen LogP contribution in [0.1, 0.15) is 66.9 Å². The van der Waals surface area contributed by atoms with Gasteiger partial charge in [-0.25, -0.2) is 4.98 Å². The molecule has 0 saturated carbocycles. The van der Waals surface area contributed by atoms with E-state index in [4.69, 9.17) is 15.1 Å². The van der Waals surface area contributed by atoms with Crippen LogP contribution in [0.2, 0.25) is 0 Å². The fourth-order valence-electron chi connectivity index (χ4n) is 4.72. The molecule has 0 saturated heterocycles. The molecule has 0 spiro atoms. The number of carbonyl (C=O) groups is 1. The normalized spacial score (nSPS) is 11.2. The van der Waals surface area contributed by atoms with Crippen LogP contribution >= 0.6 is 0 Å². The van der Waals surface area contributed by atoms with Crippen molar-refractivity contribution in [2.24, 2.45) is 0 Å². The molecule has 1 amide bonds. The first-order valence-electron chi connectivity index (χ1n) is 13.5. The van der Waals surface area contributed by atoms with Crippen LogP contribution in [0, 0.1) is 12.3 Å². The summed E-state index contributed by atoms with van der Waals surface area (Å²) >= 11 is 0. The van der Waals surface area contributed by atoms with Gasteiger partial charge in [-0.15, -0.1) is 0 Å². The largest absolute Gasteiger partial charge is 0.497 e. The third-order valence-corrected chi connectivity index (χ3v) is 6.98. The molecule has 3 aromatic heterocycles. The highest BCUT2D eigenvalue weighted by atomic mass is 16.5. The average Bonchev–Trinajstić information content (AvgIpc) is 2.93. The number of carbonyl (C=O) groups excluding carboxylic acids is 1. The van der Waals surface area contributed by atoms with Crippen molar-refractivity contribution in [3.8, 4) is 5.75 Å². The lowest BCUT2D eigenvalue weighted by Gasteiger charge is -2.15. The zero-order valence-corrected chi connectivity index (χ0v) is 22.5. The molecule has 0 radical (unpaired) electrons. The number of methoxy groups -OCH3 is 1. The van der Waals surface area contributed by atoms with Gasteiger partial charge < -0.3 is 14.6 Å². The van der Waals surface area contributed by atoms with Crippen LogP contribution in [0.3, 0.4) is 0 Å². The lowest BCUT2D eigenvalue weighted by molar-refractivity contribution is 0.0950. The van der Waals surface area contributed by atoms with Crippen LogP contribution in [-0.4, -0.2) is 33.5 Å². The van der Waals surface area contributed by atoms with Crippen molar-refractivity contribution in [1.29, 1.82) is 5.41 Å². The van der Waals surface area contributed by atoms with Gasteiger partial charge in [0.25, 0.3) is 11.5 Å². The predicted molar refractivity (Wildman–Crippen MR) is 150 cm³/mol. The van der Waals surface area contributed by atoms with Gasteiger partial charge in [0.1, 0.15) is 22.5 Å². The first-order chi connectivity index (χ1) is 18.4. The van der Waals surface area contributed by atoms with Crippen LogP contribution in [0.5, 0.6) is 5.75 Å². The van der Waals surface area contributed by atoms with Gasteiger partial charge in [0.2, 0.25) is 0 Å². The molecule has 1 aromatic carbocycles. The van der Waals surface area contributed by atoms with Crippen molar-refractivity contribution >= 4 is 22.6 Å². The molecule has 2 N–H and O–H groups in total. The maximum Gasteiger partial charge on any atom is 0.267 e. The molecule has 8 heteroatoms. The quantitative estimate of drug-likeness (QED) is 0.209. The van der Waals surface area contributed by atoms with Gasteiger partial charge in [0.15, 0.2) is 0 Å². The second-order valence-electron chi connectivity index (χ2n) is 9.72. The van der Waals surface area contributed by atoms with E-state index in [-0.39, 0.29) is 22.5 Å². The van der Waals surface area contributed by atoms with Crippen molar-refractivity contribution in [3.63, 3.8) is 0 Å². The maximum absolute atomic E-state index is 13.5. The van der Waals surface area contributed by atoms with Gasteiger partial charge in [-0.1, -0.05) is 57.2 Å². The topological polar surface area (TPSA) is 101 Å². The monoisotopic (exact) mass is 515 g/mol. The smallest absolute Gasteiger partial charge is 0.267 e. The summed E-state index contributed by atoms with van der Waals surface area (Å²) < 4.78 is 8.45. The minimum absolute atomic E-state index is 0.0521. The van der Waals surface area contributed by atoms with Gasteiger partial charge in [-0.2, -0.15) is 0 Å². The van der Waals surface area contributed by atoms with Crippen LogP contribution in [0.25, 0.3) is 16.7 Å². The summed E-state index contributed by atoms with van der Waals surface area (Å²) in [7, 11) is 1.63. The summed E-state index contributed by atoms with van der Waals surface area (Å²) in [6, 6.07) is 13.0. The highest BCUT2D eigenvalue weighted by Gasteiger charge is 2.18. The van der Waals surface area contributed by atoms with Gasteiger partial charge in [-0.3, -0.25) is 19.4 Å². The molecule has 8 nitrogen and oxygen atoms in total. The Labute approximate surface area is 222 Å². The molecule has 0 aliphatic rings. The van der Waals surface area contributed by atoms with Crippen molar-refractivity contribution in [1.82, 2.24) is 19.3 Å². The van der Waals surface area contributed by atoms with Gasteiger partial charge >= 0.3 is 0 Å². The Morgan fingerprint density at radius 3 is 2.53 bits per heavy atom. The molecule has 0 aliphatic carbocycles. The van der Waals surface area contributed by atoms with Crippen LogP contribution in [-0.2, 0) is 13.0 Å². The number of fused-ring (bicyclic) bond motifs is 2. The molecule has 3 heterocycles. The fourth-order valence-corrected chi connectivity index (χ4v) is 4.72. The Morgan fingerprint density at radius 1 is 1.05 bits per heavy atom. The third kappa shape index (κ3) is 5.96.